The number of urea groups is 1. The Balaban J connectivity index is 1.86. The third kappa shape index (κ3) is 5.63. The number of carbonyl (C=O) groups excluding carboxylic acids is 4. The molecule has 34 heavy (non-hydrogen) atoms. The standard InChI is InChI=1S/C24H34N4O6/c25-22(31)20-11-6-12-28(20,24(33)26-14-21(30)18-9-2-1-3-10-18)23(32)19(15-27(34)16-29)13-17-7-4-5-8-17/h1-3,9-10,16-17,19-21,30,34H,4-8,11-15H2,(H2-,25,26,31,33)/p+1/t19-,20+,21-,28?/m1/s1. The SMILES string of the molecule is NC(=O)[C@@H]1CCC[N+]1(C(=O)NC[C@@H](O)c1ccccc1)C(=O)[C@H](CC1CCCC1)CN(O)C=O. The zero-order valence-electron chi connectivity index (χ0n) is 19.3. The van der Waals surface area contributed by atoms with Crippen molar-refractivity contribution in [3.8, 4) is 0 Å². The molecule has 1 aromatic carbocycles. The molecule has 0 bridgehead atoms. The van der Waals surface area contributed by atoms with Gasteiger partial charge in [0.05, 0.1) is 31.7 Å². The zero-order chi connectivity index (χ0) is 24.7. The number of quaternary nitrogens is 1. The summed E-state index contributed by atoms with van der Waals surface area (Å²) in [7, 11) is 0. The highest BCUT2D eigenvalue weighted by Crippen LogP contribution is 2.36. The van der Waals surface area contributed by atoms with Crippen molar-refractivity contribution in [1.29, 1.82) is 0 Å². The Labute approximate surface area is 199 Å². The maximum atomic E-state index is 14.0. The molecule has 10 nitrogen and oxygen atoms in total. The molecule has 1 unspecified atom stereocenters. The Bertz CT molecular complexity index is 875. The van der Waals surface area contributed by atoms with Crippen molar-refractivity contribution in [1.82, 2.24) is 10.4 Å². The first-order valence-corrected chi connectivity index (χ1v) is 11.9. The summed E-state index contributed by atoms with van der Waals surface area (Å²) in [4.78, 5) is 50.9. The van der Waals surface area contributed by atoms with E-state index in [-0.39, 0.29) is 38.4 Å². The molecule has 2 aliphatic rings. The van der Waals surface area contributed by atoms with Gasteiger partial charge in [-0.05, 0) is 17.9 Å². The molecule has 0 radical (unpaired) electrons. The molecule has 1 aromatic rings. The van der Waals surface area contributed by atoms with E-state index in [1.54, 1.807) is 24.3 Å². The minimum atomic E-state index is -1.05. The maximum absolute atomic E-state index is 14.0. The van der Waals surface area contributed by atoms with Crippen molar-refractivity contribution >= 4 is 24.3 Å². The van der Waals surface area contributed by atoms with Gasteiger partial charge < -0.3 is 16.2 Å². The van der Waals surface area contributed by atoms with Gasteiger partial charge in [0.2, 0.25) is 6.41 Å². The molecule has 1 aliphatic heterocycles. The minimum Gasteiger partial charge on any atom is -0.387 e. The van der Waals surface area contributed by atoms with Gasteiger partial charge >= 0.3 is 11.9 Å². The Kier molecular flexibility index (Phi) is 8.76. The smallest absolute Gasteiger partial charge is 0.387 e. The second-order valence-corrected chi connectivity index (χ2v) is 9.41. The van der Waals surface area contributed by atoms with Crippen molar-refractivity contribution in [2.45, 2.75) is 57.1 Å². The van der Waals surface area contributed by atoms with Gasteiger partial charge in [-0.15, -0.1) is 0 Å². The molecule has 2 fully saturated rings. The number of aliphatic hydroxyl groups excluding tert-OH is 1. The number of benzene rings is 1. The molecule has 186 valence electrons. The molecule has 1 heterocycles. The van der Waals surface area contributed by atoms with Crippen LogP contribution in [0.15, 0.2) is 30.3 Å². The number of nitrogens with one attached hydrogen (secondary N) is 1. The summed E-state index contributed by atoms with van der Waals surface area (Å²) in [5.74, 6) is -1.86. The summed E-state index contributed by atoms with van der Waals surface area (Å²) in [5, 5.41) is 23.4. The van der Waals surface area contributed by atoms with E-state index in [1.807, 2.05) is 6.07 Å². The Hall–Kier alpha value is -2.82. The summed E-state index contributed by atoms with van der Waals surface area (Å²) in [6.07, 6.45) is 4.33. The van der Waals surface area contributed by atoms with Crippen LogP contribution in [-0.2, 0) is 14.4 Å². The molecule has 1 saturated carbocycles. The number of rotatable bonds is 10. The van der Waals surface area contributed by atoms with Crippen LogP contribution in [0.4, 0.5) is 4.79 Å². The molecule has 3 rings (SSSR count). The fraction of sp³-hybridized carbons (Fsp3) is 0.583. The van der Waals surface area contributed by atoms with Gasteiger partial charge in [-0.1, -0.05) is 56.0 Å². The van der Waals surface area contributed by atoms with Crippen LogP contribution in [0.1, 0.15) is 56.6 Å². The number of nitrogens with zero attached hydrogens (tertiary/aromatic N) is 2. The second-order valence-electron chi connectivity index (χ2n) is 9.41. The number of hydroxylamine groups is 2. The molecule has 0 aromatic heterocycles. The Morgan fingerprint density at radius 3 is 2.44 bits per heavy atom. The van der Waals surface area contributed by atoms with Gasteiger partial charge in [0.25, 0.3) is 5.91 Å². The number of primary amides is 1. The highest BCUT2D eigenvalue weighted by atomic mass is 16.5. The van der Waals surface area contributed by atoms with Crippen LogP contribution < -0.4 is 11.1 Å². The van der Waals surface area contributed by atoms with Crippen molar-refractivity contribution in [3.05, 3.63) is 35.9 Å². The molecule has 1 aliphatic carbocycles. The lowest BCUT2D eigenvalue weighted by Gasteiger charge is -2.36. The average Bonchev–Trinajstić information content (AvgIpc) is 3.52. The first-order chi connectivity index (χ1) is 16.3. The van der Waals surface area contributed by atoms with E-state index in [0.717, 1.165) is 25.7 Å². The van der Waals surface area contributed by atoms with Gasteiger partial charge in [-0.3, -0.25) is 14.8 Å². The molecule has 4 atom stereocenters. The summed E-state index contributed by atoms with van der Waals surface area (Å²) in [6, 6.07) is 7.04. The fourth-order valence-corrected chi connectivity index (χ4v) is 5.49. The zero-order valence-corrected chi connectivity index (χ0v) is 19.3. The van der Waals surface area contributed by atoms with E-state index in [2.05, 4.69) is 5.32 Å². The van der Waals surface area contributed by atoms with Gasteiger partial charge in [-0.25, -0.2) is 14.7 Å². The lowest BCUT2D eigenvalue weighted by Crippen LogP contribution is -2.68. The molecule has 1 saturated heterocycles. The van der Waals surface area contributed by atoms with Crippen LogP contribution in [0.2, 0.25) is 0 Å². The predicted molar refractivity (Wildman–Crippen MR) is 122 cm³/mol. The molecule has 5 N–H and O–H groups in total. The molecule has 10 heteroatoms. The van der Waals surface area contributed by atoms with Gasteiger partial charge in [-0.2, -0.15) is 4.48 Å². The van der Waals surface area contributed by atoms with E-state index in [0.29, 0.717) is 23.5 Å². The second kappa shape index (κ2) is 11.5. The van der Waals surface area contributed by atoms with Gasteiger partial charge in [0.1, 0.15) is 0 Å². The number of hydrogen-bond donors (Lipinski definition) is 4. The quantitative estimate of drug-likeness (QED) is 0.174. The van der Waals surface area contributed by atoms with Crippen LogP contribution in [-0.4, -0.2) is 69.8 Å². The van der Waals surface area contributed by atoms with Crippen LogP contribution >= 0.6 is 0 Å². The van der Waals surface area contributed by atoms with Crippen molar-refractivity contribution in [3.63, 3.8) is 0 Å². The van der Waals surface area contributed by atoms with Gasteiger partial charge in [0.15, 0.2) is 6.04 Å². The maximum Gasteiger partial charge on any atom is 0.424 e. The molecular weight excluding hydrogens is 440 g/mol. The molecule has 0 spiro atoms. The van der Waals surface area contributed by atoms with E-state index in [4.69, 9.17) is 5.73 Å². The number of nitrogens with two attached hydrogens (primary N) is 1. The lowest BCUT2D eigenvalue weighted by atomic mass is 9.90. The highest BCUT2D eigenvalue weighted by Gasteiger charge is 2.59. The number of aliphatic hydroxyl groups is 1. The largest absolute Gasteiger partial charge is 0.424 e. The number of hydrogen-bond acceptors (Lipinski definition) is 6. The third-order valence-electron chi connectivity index (χ3n) is 7.21. The van der Waals surface area contributed by atoms with E-state index in [1.165, 1.54) is 0 Å². The van der Waals surface area contributed by atoms with Crippen molar-refractivity contribution in [2.24, 2.45) is 17.6 Å². The van der Waals surface area contributed by atoms with Crippen LogP contribution in [0.5, 0.6) is 0 Å². The van der Waals surface area contributed by atoms with Crippen molar-refractivity contribution < 1.29 is 34.0 Å². The van der Waals surface area contributed by atoms with E-state index in [9.17, 15) is 29.5 Å². The summed E-state index contributed by atoms with van der Waals surface area (Å²) < 4.78 is -0.805. The summed E-state index contributed by atoms with van der Waals surface area (Å²) in [6.45, 7) is -0.313. The third-order valence-corrected chi connectivity index (χ3v) is 7.21. The topological polar surface area (TPSA) is 150 Å². The Morgan fingerprint density at radius 1 is 1.15 bits per heavy atom. The van der Waals surface area contributed by atoms with Gasteiger partial charge in [0, 0.05) is 12.8 Å². The Morgan fingerprint density at radius 2 is 1.82 bits per heavy atom. The molecular formula is C24H35N4O6+. The van der Waals surface area contributed by atoms with Crippen LogP contribution in [0.25, 0.3) is 0 Å². The molecule has 5 amide bonds. The van der Waals surface area contributed by atoms with E-state index < -0.39 is 40.4 Å². The highest BCUT2D eigenvalue weighted by molar-refractivity contribution is 5.91. The van der Waals surface area contributed by atoms with Crippen molar-refractivity contribution in [2.75, 3.05) is 19.6 Å². The first-order valence-electron chi connectivity index (χ1n) is 11.9. The first kappa shape index (κ1) is 25.8. The minimum absolute atomic E-state index is 0.0907. The summed E-state index contributed by atoms with van der Waals surface area (Å²) >= 11 is 0. The normalized spacial score (nSPS) is 24.4. The fourth-order valence-electron chi connectivity index (χ4n) is 5.49. The van der Waals surface area contributed by atoms with Crippen LogP contribution in [0, 0.1) is 11.8 Å². The number of amides is 5. The number of carbonyl (C=O) groups is 4. The monoisotopic (exact) mass is 475 g/mol. The lowest BCUT2D eigenvalue weighted by molar-refractivity contribution is -0.779. The summed E-state index contributed by atoms with van der Waals surface area (Å²) in [5.41, 5.74) is 6.24. The number of imide groups is 1. The average molecular weight is 476 g/mol. The van der Waals surface area contributed by atoms with E-state index >= 15 is 0 Å². The predicted octanol–water partition coefficient (Wildman–Crippen LogP) is 1.46. The number of likely N-dealkylation sites (tertiary alicyclic amines) is 1. The van der Waals surface area contributed by atoms with Crippen LogP contribution in [0.3, 0.4) is 0 Å².